The van der Waals surface area contributed by atoms with Gasteiger partial charge in [-0.25, -0.2) is 0 Å². The van der Waals surface area contributed by atoms with Crippen molar-refractivity contribution >= 4 is 41.0 Å². The first-order chi connectivity index (χ1) is 11.5. The van der Waals surface area contributed by atoms with Gasteiger partial charge in [-0.2, -0.15) is 0 Å². The number of esters is 1. The molecule has 0 radical (unpaired) electrons. The molecule has 1 aliphatic heterocycles. The van der Waals surface area contributed by atoms with Crippen LogP contribution in [0.2, 0.25) is 10.0 Å². The van der Waals surface area contributed by atoms with Gasteiger partial charge in [0.25, 0.3) is 11.8 Å². The minimum absolute atomic E-state index is 0.138. The van der Waals surface area contributed by atoms with E-state index in [0.29, 0.717) is 15.6 Å². The number of carbonyl (C=O) groups excluding carboxylic acids is 3. The third kappa shape index (κ3) is 3.00. The second-order valence-corrected chi connectivity index (χ2v) is 5.92. The van der Waals surface area contributed by atoms with Crippen molar-refractivity contribution in [3.63, 3.8) is 0 Å². The maximum Gasteiger partial charge on any atom is 0.326 e. The number of carbonyl (C=O) groups is 3. The molecule has 0 fully saturated rings. The van der Waals surface area contributed by atoms with Crippen LogP contribution in [-0.2, 0) is 16.1 Å². The van der Waals surface area contributed by atoms with Gasteiger partial charge in [0.1, 0.15) is 13.2 Å². The Balaban J connectivity index is 1.66. The molecule has 0 spiro atoms. The summed E-state index contributed by atoms with van der Waals surface area (Å²) in [6, 6.07) is 11.3. The number of hydrogen-bond donors (Lipinski definition) is 0. The molecular weight excluding hydrogens is 353 g/mol. The molecule has 0 aromatic heterocycles. The van der Waals surface area contributed by atoms with Gasteiger partial charge in [0, 0.05) is 15.6 Å². The molecule has 0 N–H and O–H groups in total. The van der Waals surface area contributed by atoms with Crippen molar-refractivity contribution in [1.29, 1.82) is 0 Å². The molecule has 122 valence electrons. The van der Waals surface area contributed by atoms with Crippen LogP contribution in [0.1, 0.15) is 26.3 Å². The van der Waals surface area contributed by atoms with E-state index >= 15 is 0 Å². The van der Waals surface area contributed by atoms with E-state index < -0.39 is 24.3 Å². The van der Waals surface area contributed by atoms with Crippen LogP contribution in [0.25, 0.3) is 0 Å². The highest BCUT2D eigenvalue weighted by Crippen LogP contribution is 2.25. The molecule has 2 amide bonds. The summed E-state index contributed by atoms with van der Waals surface area (Å²) in [5.41, 5.74) is 1.03. The molecule has 7 heteroatoms. The zero-order valence-corrected chi connectivity index (χ0v) is 13.8. The van der Waals surface area contributed by atoms with Crippen LogP contribution in [0, 0.1) is 0 Å². The summed E-state index contributed by atoms with van der Waals surface area (Å²) in [6.07, 6.45) is 0. The molecule has 2 aromatic rings. The second kappa shape index (κ2) is 6.63. The zero-order chi connectivity index (χ0) is 17.3. The number of imide groups is 1. The van der Waals surface area contributed by atoms with Gasteiger partial charge in [-0.15, -0.1) is 0 Å². The third-order valence-corrected chi connectivity index (χ3v) is 4.31. The van der Waals surface area contributed by atoms with Crippen molar-refractivity contribution in [3.8, 4) is 0 Å². The van der Waals surface area contributed by atoms with Crippen LogP contribution in [0.5, 0.6) is 0 Å². The zero-order valence-electron chi connectivity index (χ0n) is 12.3. The number of amides is 2. The number of nitrogens with zero attached hydrogens (tertiary/aromatic N) is 1. The Morgan fingerprint density at radius 1 is 0.917 bits per heavy atom. The van der Waals surface area contributed by atoms with Crippen LogP contribution in [0.3, 0.4) is 0 Å². The van der Waals surface area contributed by atoms with Crippen LogP contribution >= 0.6 is 23.2 Å². The normalized spacial score (nSPS) is 13.2. The lowest BCUT2D eigenvalue weighted by Gasteiger charge is -2.13. The number of fused-ring (bicyclic) bond motifs is 1. The van der Waals surface area contributed by atoms with E-state index in [1.807, 2.05) is 0 Å². The van der Waals surface area contributed by atoms with Gasteiger partial charge in [0.05, 0.1) is 11.1 Å². The number of rotatable bonds is 4. The first kappa shape index (κ1) is 16.5. The molecule has 0 unspecified atom stereocenters. The fraction of sp³-hybridized carbons (Fsp3) is 0.118. The topological polar surface area (TPSA) is 63.7 Å². The highest BCUT2D eigenvalue weighted by molar-refractivity contribution is 6.36. The minimum Gasteiger partial charge on any atom is -0.459 e. The predicted octanol–water partition coefficient (Wildman–Crippen LogP) is 3.33. The molecule has 0 aliphatic carbocycles. The lowest BCUT2D eigenvalue weighted by molar-refractivity contribution is -0.145. The SMILES string of the molecule is O=C(CN1C(=O)c2ccccc2C1=O)OCc1c(Cl)cccc1Cl. The van der Waals surface area contributed by atoms with Gasteiger partial charge in [0.15, 0.2) is 0 Å². The number of halogens is 2. The molecule has 3 rings (SSSR count). The summed E-state index contributed by atoms with van der Waals surface area (Å²) in [7, 11) is 0. The van der Waals surface area contributed by atoms with Gasteiger partial charge in [-0.05, 0) is 24.3 Å². The standard InChI is InChI=1S/C17H11Cl2NO4/c18-13-6-3-7-14(19)12(13)9-24-15(21)8-20-16(22)10-4-1-2-5-11(10)17(20)23/h1-7H,8-9H2. The number of hydrogen-bond acceptors (Lipinski definition) is 4. The number of benzene rings is 2. The summed E-state index contributed by atoms with van der Waals surface area (Å²) < 4.78 is 5.09. The van der Waals surface area contributed by atoms with Crippen LogP contribution in [0.15, 0.2) is 42.5 Å². The maximum atomic E-state index is 12.2. The van der Waals surface area contributed by atoms with Gasteiger partial charge in [-0.3, -0.25) is 19.3 Å². The van der Waals surface area contributed by atoms with Gasteiger partial charge in [-0.1, -0.05) is 41.4 Å². The Labute approximate surface area is 147 Å². The predicted molar refractivity (Wildman–Crippen MR) is 88.1 cm³/mol. The molecule has 1 aliphatic rings. The Bertz CT molecular complexity index is 795. The van der Waals surface area contributed by atoms with Crippen LogP contribution in [-0.4, -0.2) is 29.2 Å². The minimum atomic E-state index is -0.722. The molecule has 1 heterocycles. The summed E-state index contributed by atoms with van der Waals surface area (Å²) in [4.78, 5) is 37.2. The summed E-state index contributed by atoms with van der Waals surface area (Å²) in [5, 5.41) is 0.743. The second-order valence-electron chi connectivity index (χ2n) is 5.10. The van der Waals surface area contributed by atoms with Gasteiger partial charge < -0.3 is 4.74 Å². The van der Waals surface area contributed by atoms with Crippen molar-refractivity contribution in [2.24, 2.45) is 0 Å². The van der Waals surface area contributed by atoms with Crippen LogP contribution < -0.4 is 0 Å². The monoisotopic (exact) mass is 363 g/mol. The summed E-state index contributed by atoms with van der Waals surface area (Å²) >= 11 is 12.0. The fourth-order valence-electron chi connectivity index (χ4n) is 2.38. The average Bonchev–Trinajstić information content (AvgIpc) is 2.80. The van der Waals surface area contributed by atoms with Crippen molar-refractivity contribution in [3.05, 3.63) is 69.2 Å². The summed E-state index contributed by atoms with van der Waals surface area (Å²) in [5.74, 6) is -1.74. The first-order valence-corrected chi connectivity index (χ1v) is 7.78. The molecule has 0 atom stereocenters. The van der Waals surface area contributed by atoms with Crippen molar-refractivity contribution in [1.82, 2.24) is 4.90 Å². The molecule has 0 bridgehead atoms. The van der Waals surface area contributed by atoms with Crippen molar-refractivity contribution < 1.29 is 19.1 Å². The quantitative estimate of drug-likeness (QED) is 0.617. The first-order valence-electron chi connectivity index (χ1n) is 7.03. The largest absolute Gasteiger partial charge is 0.459 e. The van der Waals surface area contributed by atoms with E-state index in [4.69, 9.17) is 27.9 Å². The van der Waals surface area contributed by atoms with E-state index in [2.05, 4.69) is 0 Å². The lowest BCUT2D eigenvalue weighted by Crippen LogP contribution is -2.35. The van der Waals surface area contributed by atoms with Gasteiger partial charge in [0.2, 0.25) is 0 Å². The fourth-order valence-corrected chi connectivity index (χ4v) is 2.89. The number of ether oxygens (including phenoxy) is 1. The molecule has 0 saturated carbocycles. The lowest BCUT2D eigenvalue weighted by atomic mass is 10.1. The third-order valence-electron chi connectivity index (χ3n) is 3.60. The van der Waals surface area contributed by atoms with Crippen LogP contribution in [0.4, 0.5) is 0 Å². The Morgan fingerprint density at radius 2 is 1.46 bits per heavy atom. The van der Waals surface area contributed by atoms with E-state index in [1.165, 1.54) is 0 Å². The Morgan fingerprint density at radius 3 is 2.00 bits per heavy atom. The molecule has 5 nitrogen and oxygen atoms in total. The average molecular weight is 364 g/mol. The highest BCUT2D eigenvalue weighted by atomic mass is 35.5. The van der Waals surface area contributed by atoms with Crippen molar-refractivity contribution in [2.45, 2.75) is 6.61 Å². The maximum absolute atomic E-state index is 12.2. The van der Waals surface area contributed by atoms with Gasteiger partial charge >= 0.3 is 5.97 Å². The van der Waals surface area contributed by atoms with Crippen molar-refractivity contribution in [2.75, 3.05) is 6.54 Å². The molecular formula is C17H11Cl2NO4. The van der Waals surface area contributed by atoms with E-state index in [9.17, 15) is 14.4 Å². The van der Waals surface area contributed by atoms with E-state index in [-0.39, 0.29) is 17.7 Å². The molecule has 24 heavy (non-hydrogen) atoms. The smallest absolute Gasteiger partial charge is 0.326 e. The molecule has 2 aromatic carbocycles. The highest BCUT2D eigenvalue weighted by Gasteiger charge is 2.36. The Kier molecular flexibility index (Phi) is 4.55. The summed E-state index contributed by atoms with van der Waals surface area (Å²) in [6.45, 7) is -0.602. The Hall–Kier alpha value is -2.37. The molecule has 0 saturated heterocycles. The van der Waals surface area contributed by atoms with E-state index in [0.717, 1.165) is 4.90 Å². The van der Waals surface area contributed by atoms with E-state index in [1.54, 1.807) is 42.5 Å².